The fraction of sp³-hybridized carbons (Fsp3) is 0.389. The fourth-order valence-electron chi connectivity index (χ4n) is 2.73. The highest BCUT2D eigenvalue weighted by Crippen LogP contribution is 2.34. The summed E-state index contributed by atoms with van der Waals surface area (Å²) in [5.41, 5.74) is 1.44. The molecule has 1 saturated carbocycles. The number of hydrogen-bond donors (Lipinski definition) is 1. The molecular weight excluding hydrogens is 288 g/mol. The minimum Gasteiger partial charge on any atom is -0.350 e. The van der Waals surface area contributed by atoms with Crippen molar-refractivity contribution in [1.82, 2.24) is 20.2 Å². The van der Waals surface area contributed by atoms with Crippen molar-refractivity contribution in [3.8, 4) is 11.4 Å². The summed E-state index contributed by atoms with van der Waals surface area (Å²) in [6, 6.07) is 10.1. The zero-order valence-electron chi connectivity index (χ0n) is 13.6. The third-order valence-electron chi connectivity index (χ3n) is 4.25. The van der Waals surface area contributed by atoms with Crippen LogP contribution in [0.15, 0.2) is 42.7 Å². The van der Waals surface area contributed by atoms with Crippen molar-refractivity contribution in [3.63, 3.8) is 0 Å². The van der Waals surface area contributed by atoms with Crippen LogP contribution in [0.2, 0.25) is 0 Å². The zero-order chi connectivity index (χ0) is 16.2. The number of likely N-dealkylation sites (N-methyl/N-ethyl adjacent to an activating group) is 1. The van der Waals surface area contributed by atoms with Crippen LogP contribution in [0.25, 0.3) is 11.4 Å². The highest BCUT2D eigenvalue weighted by atomic mass is 16.1. The van der Waals surface area contributed by atoms with Crippen molar-refractivity contribution in [1.29, 1.82) is 0 Å². The quantitative estimate of drug-likeness (QED) is 0.889. The molecule has 1 unspecified atom stereocenters. The van der Waals surface area contributed by atoms with Gasteiger partial charge in [0.05, 0.1) is 5.56 Å². The van der Waals surface area contributed by atoms with Crippen molar-refractivity contribution >= 4 is 5.91 Å². The molecule has 1 heterocycles. The summed E-state index contributed by atoms with van der Waals surface area (Å²) >= 11 is 0. The Bertz CT molecular complexity index is 648. The number of nitrogens with zero attached hydrogens (tertiary/aromatic N) is 3. The van der Waals surface area contributed by atoms with E-state index in [4.69, 9.17) is 0 Å². The van der Waals surface area contributed by atoms with Gasteiger partial charge in [-0.05, 0) is 32.9 Å². The molecule has 5 nitrogen and oxygen atoms in total. The molecule has 0 aliphatic heterocycles. The van der Waals surface area contributed by atoms with Crippen molar-refractivity contribution in [2.24, 2.45) is 5.92 Å². The lowest BCUT2D eigenvalue weighted by Crippen LogP contribution is -2.41. The fourth-order valence-corrected chi connectivity index (χ4v) is 2.73. The molecule has 0 spiro atoms. The first-order chi connectivity index (χ1) is 11.1. The van der Waals surface area contributed by atoms with E-state index in [2.05, 4.69) is 34.3 Å². The Balaban J connectivity index is 1.61. The molecule has 0 bridgehead atoms. The maximum atomic E-state index is 12.3. The first-order valence-electron chi connectivity index (χ1n) is 7.97. The zero-order valence-corrected chi connectivity index (χ0v) is 13.6. The van der Waals surface area contributed by atoms with Crippen LogP contribution in [-0.2, 0) is 0 Å². The summed E-state index contributed by atoms with van der Waals surface area (Å²) in [4.78, 5) is 23.0. The van der Waals surface area contributed by atoms with Crippen LogP contribution in [0.4, 0.5) is 0 Å². The lowest BCUT2D eigenvalue weighted by atomic mass is 10.1. The van der Waals surface area contributed by atoms with E-state index in [1.807, 2.05) is 30.3 Å². The normalized spacial score (nSPS) is 15.4. The Labute approximate surface area is 136 Å². The molecule has 3 rings (SSSR count). The average molecular weight is 310 g/mol. The van der Waals surface area contributed by atoms with Crippen LogP contribution in [0.1, 0.15) is 23.2 Å². The minimum atomic E-state index is -0.114. The van der Waals surface area contributed by atoms with Crippen LogP contribution >= 0.6 is 0 Å². The van der Waals surface area contributed by atoms with Gasteiger partial charge in [-0.15, -0.1) is 0 Å². The third-order valence-corrected chi connectivity index (χ3v) is 4.25. The van der Waals surface area contributed by atoms with E-state index < -0.39 is 0 Å². The highest BCUT2D eigenvalue weighted by molar-refractivity contribution is 5.93. The number of carbonyl (C=O) groups is 1. The van der Waals surface area contributed by atoms with Crippen molar-refractivity contribution < 1.29 is 4.79 Å². The third kappa shape index (κ3) is 3.93. The van der Waals surface area contributed by atoms with Crippen LogP contribution in [-0.4, -0.2) is 47.5 Å². The SMILES string of the molecule is CN(C)C(CNC(=O)c1cnc(-c2ccccc2)nc1)C1CC1. The molecule has 1 aromatic carbocycles. The van der Waals surface area contributed by atoms with Gasteiger partial charge < -0.3 is 10.2 Å². The first-order valence-corrected chi connectivity index (χ1v) is 7.97. The van der Waals surface area contributed by atoms with Gasteiger partial charge in [-0.2, -0.15) is 0 Å². The van der Waals surface area contributed by atoms with E-state index in [1.165, 1.54) is 12.8 Å². The van der Waals surface area contributed by atoms with E-state index in [0.29, 0.717) is 29.9 Å². The summed E-state index contributed by atoms with van der Waals surface area (Å²) in [7, 11) is 4.12. The molecule has 1 aliphatic rings. The summed E-state index contributed by atoms with van der Waals surface area (Å²) in [6.07, 6.45) is 5.69. The van der Waals surface area contributed by atoms with Gasteiger partial charge in [0.25, 0.3) is 5.91 Å². The van der Waals surface area contributed by atoms with Gasteiger partial charge in [-0.25, -0.2) is 9.97 Å². The minimum absolute atomic E-state index is 0.114. The molecule has 1 fully saturated rings. The molecule has 23 heavy (non-hydrogen) atoms. The maximum absolute atomic E-state index is 12.3. The van der Waals surface area contributed by atoms with Crippen molar-refractivity contribution in [2.45, 2.75) is 18.9 Å². The predicted octanol–water partition coefficient (Wildman–Crippen LogP) is 2.21. The topological polar surface area (TPSA) is 58.1 Å². The maximum Gasteiger partial charge on any atom is 0.254 e. The molecule has 1 N–H and O–H groups in total. The first kappa shape index (κ1) is 15.6. The number of carbonyl (C=O) groups excluding carboxylic acids is 1. The van der Waals surface area contributed by atoms with E-state index in [-0.39, 0.29) is 5.91 Å². The molecule has 120 valence electrons. The van der Waals surface area contributed by atoms with Crippen LogP contribution in [0, 0.1) is 5.92 Å². The number of amides is 1. The lowest BCUT2D eigenvalue weighted by molar-refractivity contribution is 0.0938. The summed E-state index contributed by atoms with van der Waals surface area (Å²) < 4.78 is 0. The largest absolute Gasteiger partial charge is 0.350 e. The van der Waals surface area contributed by atoms with Gasteiger partial charge in [0, 0.05) is 30.5 Å². The lowest BCUT2D eigenvalue weighted by Gasteiger charge is -2.24. The van der Waals surface area contributed by atoms with Gasteiger partial charge in [0.15, 0.2) is 5.82 Å². The van der Waals surface area contributed by atoms with E-state index in [1.54, 1.807) is 12.4 Å². The number of rotatable bonds is 6. The van der Waals surface area contributed by atoms with Crippen molar-refractivity contribution in [2.75, 3.05) is 20.6 Å². The van der Waals surface area contributed by atoms with Crippen LogP contribution in [0.5, 0.6) is 0 Å². The van der Waals surface area contributed by atoms with E-state index in [9.17, 15) is 4.79 Å². The smallest absolute Gasteiger partial charge is 0.254 e. The van der Waals surface area contributed by atoms with Gasteiger partial charge in [0.2, 0.25) is 0 Å². The monoisotopic (exact) mass is 310 g/mol. The summed E-state index contributed by atoms with van der Waals surface area (Å²) in [5, 5.41) is 3.00. The second kappa shape index (κ2) is 6.87. The molecule has 1 aromatic heterocycles. The molecule has 1 aliphatic carbocycles. The standard InChI is InChI=1S/C18H22N4O/c1-22(2)16(13-8-9-13)12-21-18(23)15-10-19-17(20-11-15)14-6-4-3-5-7-14/h3-7,10-11,13,16H,8-9,12H2,1-2H3,(H,21,23). The van der Waals surface area contributed by atoms with Gasteiger partial charge in [-0.3, -0.25) is 4.79 Å². The van der Waals surface area contributed by atoms with Gasteiger partial charge in [-0.1, -0.05) is 30.3 Å². The molecule has 5 heteroatoms. The molecule has 0 saturated heterocycles. The molecule has 1 atom stereocenters. The molecule has 2 aromatic rings. The number of aromatic nitrogens is 2. The summed E-state index contributed by atoms with van der Waals surface area (Å²) in [6.45, 7) is 0.664. The Hall–Kier alpha value is -2.27. The van der Waals surface area contributed by atoms with Gasteiger partial charge in [0.1, 0.15) is 0 Å². The van der Waals surface area contributed by atoms with Gasteiger partial charge >= 0.3 is 0 Å². The molecular formula is C18H22N4O. The van der Waals surface area contributed by atoms with Crippen molar-refractivity contribution in [3.05, 3.63) is 48.3 Å². The Morgan fingerprint density at radius 1 is 1.22 bits per heavy atom. The molecule has 0 radical (unpaired) electrons. The Morgan fingerprint density at radius 3 is 2.43 bits per heavy atom. The van der Waals surface area contributed by atoms with Crippen LogP contribution < -0.4 is 5.32 Å². The van der Waals surface area contributed by atoms with Crippen LogP contribution in [0.3, 0.4) is 0 Å². The number of nitrogens with one attached hydrogen (secondary N) is 1. The Morgan fingerprint density at radius 2 is 1.87 bits per heavy atom. The molecule has 1 amide bonds. The Kier molecular flexibility index (Phi) is 4.67. The average Bonchev–Trinajstić information content (AvgIpc) is 3.40. The second-order valence-corrected chi connectivity index (χ2v) is 6.24. The predicted molar refractivity (Wildman–Crippen MR) is 90.0 cm³/mol. The van der Waals surface area contributed by atoms with E-state index >= 15 is 0 Å². The second-order valence-electron chi connectivity index (χ2n) is 6.24. The summed E-state index contributed by atoms with van der Waals surface area (Å²) in [5.74, 6) is 1.23. The van der Waals surface area contributed by atoms with E-state index in [0.717, 1.165) is 5.56 Å². The number of benzene rings is 1. The highest BCUT2D eigenvalue weighted by Gasteiger charge is 2.32. The number of hydrogen-bond acceptors (Lipinski definition) is 4.